The van der Waals surface area contributed by atoms with Gasteiger partial charge in [-0.3, -0.25) is 4.98 Å². The van der Waals surface area contributed by atoms with Crippen LogP contribution in [-0.2, 0) is 4.74 Å². The number of pyridine rings is 1. The van der Waals surface area contributed by atoms with Crippen LogP contribution in [-0.4, -0.2) is 17.1 Å². The molecule has 0 spiro atoms. The molecule has 1 aromatic carbocycles. The fourth-order valence-electron chi connectivity index (χ4n) is 2.57. The number of allylic oxidation sites excluding steroid dienone is 2. The SMILES string of the molecule is CC=COC(=C(C#N)c1c[nH]c2ccc(OC)cc12)c1cccnc1. The van der Waals surface area contributed by atoms with Gasteiger partial charge in [0.25, 0.3) is 0 Å². The van der Waals surface area contributed by atoms with E-state index >= 15 is 0 Å². The molecule has 3 aromatic rings. The number of aromatic nitrogens is 2. The van der Waals surface area contributed by atoms with Crippen molar-refractivity contribution < 1.29 is 9.47 Å². The van der Waals surface area contributed by atoms with Gasteiger partial charge in [0.05, 0.1) is 13.4 Å². The molecule has 1 N–H and O–H groups in total. The summed E-state index contributed by atoms with van der Waals surface area (Å²) in [6.07, 6.45) is 8.47. The molecule has 2 heterocycles. The molecule has 5 nitrogen and oxygen atoms in total. The van der Waals surface area contributed by atoms with Crippen molar-refractivity contribution in [3.05, 3.63) is 72.4 Å². The van der Waals surface area contributed by atoms with Gasteiger partial charge >= 0.3 is 0 Å². The van der Waals surface area contributed by atoms with Gasteiger partial charge in [-0.2, -0.15) is 5.26 Å². The topological polar surface area (TPSA) is 70.9 Å². The number of H-pyrrole nitrogens is 1. The molecule has 3 rings (SSSR count). The van der Waals surface area contributed by atoms with Crippen molar-refractivity contribution in [2.75, 3.05) is 7.11 Å². The Bertz CT molecular complexity index is 979. The average Bonchev–Trinajstić information content (AvgIpc) is 3.08. The Morgan fingerprint density at radius 2 is 2.20 bits per heavy atom. The third kappa shape index (κ3) is 3.24. The van der Waals surface area contributed by atoms with Gasteiger partial charge in [-0.25, -0.2) is 0 Å². The first-order chi connectivity index (χ1) is 12.3. The monoisotopic (exact) mass is 331 g/mol. The van der Waals surface area contributed by atoms with E-state index in [1.54, 1.807) is 38.0 Å². The molecule has 2 aromatic heterocycles. The van der Waals surface area contributed by atoms with Crippen LogP contribution in [0.4, 0.5) is 0 Å². The van der Waals surface area contributed by atoms with Crippen LogP contribution in [0, 0.1) is 11.3 Å². The lowest BCUT2D eigenvalue weighted by Crippen LogP contribution is -1.93. The van der Waals surface area contributed by atoms with Gasteiger partial charge in [0, 0.05) is 40.6 Å². The van der Waals surface area contributed by atoms with Crippen LogP contribution in [0.2, 0.25) is 0 Å². The zero-order valence-corrected chi connectivity index (χ0v) is 14.0. The summed E-state index contributed by atoms with van der Waals surface area (Å²) in [7, 11) is 1.62. The summed E-state index contributed by atoms with van der Waals surface area (Å²) < 4.78 is 11.1. The number of benzene rings is 1. The Kier molecular flexibility index (Phi) is 4.82. The number of nitrogens with one attached hydrogen (secondary N) is 1. The van der Waals surface area contributed by atoms with Gasteiger partial charge in [-0.05, 0) is 37.3 Å². The highest BCUT2D eigenvalue weighted by atomic mass is 16.5. The highest BCUT2D eigenvalue weighted by molar-refractivity contribution is 6.04. The van der Waals surface area contributed by atoms with Crippen molar-refractivity contribution in [2.24, 2.45) is 0 Å². The fourth-order valence-corrected chi connectivity index (χ4v) is 2.57. The van der Waals surface area contributed by atoms with Gasteiger partial charge in [0.15, 0.2) is 5.76 Å². The number of fused-ring (bicyclic) bond motifs is 1. The molecular formula is C20H17N3O2. The number of hydrogen-bond acceptors (Lipinski definition) is 4. The maximum absolute atomic E-state index is 9.84. The molecule has 25 heavy (non-hydrogen) atoms. The first kappa shape index (κ1) is 16.3. The predicted molar refractivity (Wildman–Crippen MR) is 97.4 cm³/mol. The predicted octanol–water partition coefficient (Wildman–Crippen LogP) is 4.51. The Balaban J connectivity index is 2.25. The van der Waals surface area contributed by atoms with E-state index in [0.717, 1.165) is 27.8 Å². The lowest BCUT2D eigenvalue weighted by molar-refractivity contribution is 0.415. The number of methoxy groups -OCH3 is 1. The standard InChI is InChI=1S/C20H17N3O2/c1-3-9-25-20(14-5-4-8-22-12-14)17(11-21)18-13-23-19-7-6-15(24-2)10-16(18)19/h3-10,12-13,23H,1-2H3. The zero-order chi connectivity index (χ0) is 17.6. The number of nitriles is 1. The summed E-state index contributed by atoms with van der Waals surface area (Å²) >= 11 is 0. The number of rotatable bonds is 5. The summed E-state index contributed by atoms with van der Waals surface area (Å²) in [6.45, 7) is 1.85. The molecule has 0 unspecified atom stereocenters. The van der Waals surface area contributed by atoms with Crippen LogP contribution < -0.4 is 4.74 Å². The summed E-state index contributed by atoms with van der Waals surface area (Å²) in [5.41, 5.74) is 2.82. The third-order valence-corrected chi connectivity index (χ3v) is 3.74. The van der Waals surface area contributed by atoms with Crippen molar-refractivity contribution >= 4 is 22.2 Å². The van der Waals surface area contributed by atoms with Gasteiger partial charge in [0.1, 0.15) is 17.4 Å². The number of aromatic amines is 1. The summed E-state index contributed by atoms with van der Waals surface area (Å²) in [5.74, 6) is 1.18. The minimum absolute atomic E-state index is 0.422. The van der Waals surface area contributed by atoms with E-state index in [0.29, 0.717) is 11.3 Å². The molecule has 0 atom stereocenters. The van der Waals surface area contributed by atoms with E-state index in [9.17, 15) is 5.26 Å². The van der Waals surface area contributed by atoms with Crippen LogP contribution in [0.3, 0.4) is 0 Å². The molecule has 0 aliphatic carbocycles. The lowest BCUT2D eigenvalue weighted by atomic mass is 10.0. The van der Waals surface area contributed by atoms with Crippen LogP contribution in [0.5, 0.6) is 5.75 Å². The Labute approximate surface area is 145 Å². The maximum Gasteiger partial charge on any atom is 0.153 e. The molecule has 0 aliphatic rings. The van der Waals surface area contributed by atoms with Crippen LogP contribution in [0.1, 0.15) is 18.1 Å². The van der Waals surface area contributed by atoms with Gasteiger partial charge in [-0.1, -0.05) is 6.08 Å². The van der Waals surface area contributed by atoms with Crippen LogP contribution in [0.25, 0.3) is 22.2 Å². The minimum Gasteiger partial charge on any atom is -0.497 e. The normalized spacial score (nSPS) is 12.0. The second kappa shape index (κ2) is 7.37. The molecule has 124 valence electrons. The van der Waals surface area contributed by atoms with E-state index in [4.69, 9.17) is 9.47 Å². The molecule has 5 heteroatoms. The molecule has 0 amide bonds. The van der Waals surface area contributed by atoms with E-state index in [1.807, 2.05) is 37.3 Å². The van der Waals surface area contributed by atoms with Crippen molar-refractivity contribution in [2.45, 2.75) is 6.92 Å². The number of hydrogen-bond donors (Lipinski definition) is 1. The highest BCUT2D eigenvalue weighted by Gasteiger charge is 2.17. The van der Waals surface area contributed by atoms with Crippen LogP contribution in [0.15, 0.2) is 61.3 Å². The molecule has 0 saturated heterocycles. The molecule has 0 aliphatic heterocycles. The Hall–Kier alpha value is -3.52. The molecule has 0 bridgehead atoms. The lowest BCUT2D eigenvalue weighted by Gasteiger charge is -2.09. The second-order valence-electron chi connectivity index (χ2n) is 5.26. The average molecular weight is 331 g/mol. The van der Waals surface area contributed by atoms with Crippen molar-refractivity contribution in [3.8, 4) is 11.8 Å². The highest BCUT2D eigenvalue weighted by Crippen LogP contribution is 2.33. The van der Waals surface area contributed by atoms with Gasteiger partial charge in [0.2, 0.25) is 0 Å². The maximum atomic E-state index is 9.84. The molecule has 0 fully saturated rings. The van der Waals surface area contributed by atoms with Crippen LogP contribution >= 0.6 is 0 Å². The van der Waals surface area contributed by atoms with E-state index in [2.05, 4.69) is 16.0 Å². The van der Waals surface area contributed by atoms with E-state index < -0.39 is 0 Å². The first-order valence-corrected chi connectivity index (χ1v) is 7.76. The summed E-state index contributed by atoms with van der Waals surface area (Å²) in [5, 5.41) is 10.7. The fraction of sp³-hybridized carbons (Fsp3) is 0.100. The van der Waals surface area contributed by atoms with E-state index in [1.165, 1.54) is 0 Å². The van der Waals surface area contributed by atoms with E-state index in [-0.39, 0.29) is 0 Å². The third-order valence-electron chi connectivity index (χ3n) is 3.74. The van der Waals surface area contributed by atoms with Gasteiger partial charge < -0.3 is 14.5 Å². The minimum atomic E-state index is 0.422. The van der Waals surface area contributed by atoms with Gasteiger partial charge in [-0.15, -0.1) is 0 Å². The smallest absolute Gasteiger partial charge is 0.153 e. The quantitative estimate of drug-likeness (QED) is 0.551. The zero-order valence-electron chi connectivity index (χ0n) is 14.0. The van der Waals surface area contributed by atoms with Crippen molar-refractivity contribution in [1.82, 2.24) is 9.97 Å². The largest absolute Gasteiger partial charge is 0.497 e. The Morgan fingerprint density at radius 3 is 2.88 bits per heavy atom. The van der Waals surface area contributed by atoms with Crippen molar-refractivity contribution in [1.29, 1.82) is 5.26 Å². The summed E-state index contributed by atoms with van der Waals surface area (Å²) in [4.78, 5) is 7.31. The summed E-state index contributed by atoms with van der Waals surface area (Å²) in [6, 6.07) is 11.6. The number of ether oxygens (including phenoxy) is 2. The first-order valence-electron chi connectivity index (χ1n) is 7.76. The molecule has 0 radical (unpaired) electrons. The molecule has 0 saturated carbocycles. The molecular weight excluding hydrogens is 314 g/mol. The van der Waals surface area contributed by atoms with Crippen molar-refractivity contribution in [3.63, 3.8) is 0 Å². The second-order valence-corrected chi connectivity index (χ2v) is 5.26. The Morgan fingerprint density at radius 1 is 1.32 bits per heavy atom. The number of nitrogens with zero attached hydrogens (tertiary/aromatic N) is 2.